The van der Waals surface area contributed by atoms with Crippen LogP contribution in [0.25, 0.3) is 16.0 Å². The normalized spacial score (nSPS) is 15.2. The maximum Gasteiger partial charge on any atom is 0.246 e. The first kappa shape index (κ1) is 16.0. The van der Waals surface area contributed by atoms with Gasteiger partial charge in [0.15, 0.2) is 5.01 Å². The minimum atomic E-state index is 0.00703. The Labute approximate surface area is 153 Å². The lowest BCUT2D eigenvalue weighted by Crippen LogP contribution is -2.48. The molecule has 3 aromatic heterocycles. The van der Waals surface area contributed by atoms with Gasteiger partial charge in [0.1, 0.15) is 5.76 Å². The van der Waals surface area contributed by atoms with Crippen LogP contribution in [0, 0.1) is 0 Å². The van der Waals surface area contributed by atoms with Crippen LogP contribution in [0.1, 0.15) is 5.76 Å². The number of hydrogen-bond acceptors (Lipinski definition) is 7. The van der Waals surface area contributed by atoms with Crippen molar-refractivity contribution in [1.29, 1.82) is 0 Å². The largest absolute Gasteiger partial charge is 0.465 e. The van der Waals surface area contributed by atoms with Gasteiger partial charge in [0.2, 0.25) is 11.0 Å². The summed E-state index contributed by atoms with van der Waals surface area (Å²) in [7, 11) is 0. The Morgan fingerprint density at radius 2 is 2.04 bits per heavy atom. The number of hydrogen-bond donors (Lipinski definition) is 0. The SMILES string of the molecule is O=C(/C=C/c1ccco1)N1CCN(c2nnc(-c3cccs3)s2)CC1. The fourth-order valence-electron chi connectivity index (χ4n) is 2.61. The summed E-state index contributed by atoms with van der Waals surface area (Å²) < 4.78 is 5.20. The number of piperazine rings is 1. The van der Waals surface area contributed by atoms with Gasteiger partial charge in [0.25, 0.3) is 0 Å². The summed E-state index contributed by atoms with van der Waals surface area (Å²) in [6, 6.07) is 7.69. The number of thiophene rings is 1. The average Bonchev–Trinajstić information content (AvgIpc) is 3.42. The predicted molar refractivity (Wildman–Crippen MR) is 99.8 cm³/mol. The van der Waals surface area contributed by atoms with Crippen molar-refractivity contribution < 1.29 is 9.21 Å². The van der Waals surface area contributed by atoms with Crippen LogP contribution in [0.15, 0.2) is 46.4 Å². The van der Waals surface area contributed by atoms with Crippen molar-refractivity contribution in [2.45, 2.75) is 0 Å². The topological polar surface area (TPSA) is 62.5 Å². The van der Waals surface area contributed by atoms with Gasteiger partial charge >= 0.3 is 0 Å². The molecule has 0 spiro atoms. The van der Waals surface area contributed by atoms with Crippen LogP contribution < -0.4 is 4.90 Å². The summed E-state index contributed by atoms with van der Waals surface area (Å²) in [6.45, 7) is 2.88. The second-order valence-corrected chi connectivity index (χ2v) is 7.43. The molecule has 1 fully saturated rings. The van der Waals surface area contributed by atoms with Gasteiger partial charge in [-0.3, -0.25) is 4.79 Å². The van der Waals surface area contributed by atoms with E-state index < -0.39 is 0 Å². The molecule has 0 unspecified atom stereocenters. The van der Waals surface area contributed by atoms with E-state index in [0.717, 1.165) is 28.1 Å². The number of aromatic nitrogens is 2. The molecule has 0 aliphatic carbocycles. The highest BCUT2D eigenvalue weighted by Crippen LogP contribution is 2.31. The molecule has 1 aliphatic rings. The van der Waals surface area contributed by atoms with Crippen LogP contribution >= 0.6 is 22.7 Å². The summed E-state index contributed by atoms with van der Waals surface area (Å²) in [5.74, 6) is 0.689. The van der Waals surface area contributed by atoms with E-state index in [0.29, 0.717) is 18.8 Å². The number of amides is 1. The number of anilines is 1. The molecule has 0 N–H and O–H groups in total. The molecule has 0 saturated carbocycles. The second kappa shape index (κ2) is 7.20. The number of nitrogens with zero attached hydrogens (tertiary/aromatic N) is 4. The molecule has 128 valence electrons. The first-order valence-corrected chi connectivity index (χ1v) is 9.62. The monoisotopic (exact) mass is 372 g/mol. The Kier molecular flexibility index (Phi) is 4.62. The van der Waals surface area contributed by atoms with Crippen LogP contribution in [0.5, 0.6) is 0 Å². The van der Waals surface area contributed by atoms with E-state index in [4.69, 9.17) is 4.42 Å². The number of carbonyl (C=O) groups excluding carboxylic acids is 1. The number of furan rings is 1. The molecule has 0 aromatic carbocycles. The first-order valence-electron chi connectivity index (χ1n) is 7.92. The van der Waals surface area contributed by atoms with E-state index in [1.54, 1.807) is 47.2 Å². The van der Waals surface area contributed by atoms with Crippen LogP contribution in [0.3, 0.4) is 0 Å². The van der Waals surface area contributed by atoms with Crippen molar-refractivity contribution in [1.82, 2.24) is 15.1 Å². The molecule has 0 bridgehead atoms. The van der Waals surface area contributed by atoms with Gasteiger partial charge in [-0.1, -0.05) is 17.4 Å². The highest BCUT2D eigenvalue weighted by molar-refractivity contribution is 7.22. The Hall–Kier alpha value is -2.45. The summed E-state index contributed by atoms with van der Waals surface area (Å²) in [5.41, 5.74) is 0. The molecule has 1 aliphatic heterocycles. The highest BCUT2D eigenvalue weighted by atomic mass is 32.1. The molecular formula is C17H16N4O2S2. The van der Waals surface area contributed by atoms with Crippen LogP contribution in [-0.2, 0) is 4.79 Å². The lowest BCUT2D eigenvalue weighted by atomic mass is 10.3. The van der Waals surface area contributed by atoms with Crippen molar-refractivity contribution in [2.75, 3.05) is 31.1 Å². The van der Waals surface area contributed by atoms with Crippen molar-refractivity contribution in [2.24, 2.45) is 0 Å². The lowest BCUT2D eigenvalue weighted by Gasteiger charge is -2.33. The van der Waals surface area contributed by atoms with E-state index in [-0.39, 0.29) is 5.91 Å². The Morgan fingerprint density at radius 1 is 1.16 bits per heavy atom. The third kappa shape index (κ3) is 3.64. The Balaban J connectivity index is 1.34. The molecular weight excluding hydrogens is 356 g/mol. The van der Waals surface area contributed by atoms with E-state index in [9.17, 15) is 4.79 Å². The molecule has 0 radical (unpaired) electrons. The Bertz CT molecular complexity index is 847. The maximum absolute atomic E-state index is 12.3. The quantitative estimate of drug-likeness (QED) is 0.658. The molecule has 0 atom stereocenters. The van der Waals surface area contributed by atoms with Crippen LogP contribution in [0.2, 0.25) is 0 Å². The molecule has 4 rings (SSSR count). The standard InChI is InChI=1S/C17H16N4O2S2/c22-15(6-5-13-3-1-11-23-13)20-7-9-21(10-8-20)17-19-18-16(25-17)14-4-2-12-24-14/h1-6,11-12H,7-10H2/b6-5+. The molecule has 8 heteroatoms. The molecule has 1 amide bonds. The minimum Gasteiger partial charge on any atom is -0.465 e. The van der Waals surface area contributed by atoms with Gasteiger partial charge in [-0.05, 0) is 29.7 Å². The second-order valence-electron chi connectivity index (χ2n) is 5.53. The van der Waals surface area contributed by atoms with E-state index in [2.05, 4.69) is 21.2 Å². The smallest absolute Gasteiger partial charge is 0.246 e. The molecule has 1 saturated heterocycles. The van der Waals surface area contributed by atoms with Gasteiger partial charge in [-0.25, -0.2) is 0 Å². The zero-order valence-electron chi connectivity index (χ0n) is 13.4. The molecule has 25 heavy (non-hydrogen) atoms. The van der Waals surface area contributed by atoms with E-state index in [1.807, 2.05) is 22.4 Å². The molecule has 4 heterocycles. The number of rotatable bonds is 4. The molecule has 6 nitrogen and oxygen atoms in total. The zero-order chi connectivity index (χ0) is 17.1. The van der Waals surface area contributed by atoms with Gasteiger partial charge in [-0.2, -0.15) is 0 Å². The van der Waals surface area contributed by atoms with Crippen molar-refractivity contribution in [3.05, 3.63) is 47.7 Å². The third-order valence-electron chi connectivity index (χ3n) is 3.94. The summed E-state index contributed by atoms with van der Waals surface area (Å²) in [4.78, 5) is 17.4. The highest BCUT2D eigenvalue weighted by Gasteiger charge is 2.22. The predicted octanol–water partition coefficient (Wildman–Crippen LogP) is 3.22. The van der Waals surface area contributed by atoms with E-state index in [1.165, 1.54) is 0 Å². The first-order chi connectivity index (χ1) is 12.3. The zero-order valence-corrected chi connectivity index (χ0v) is 15.0. The van der Waals surface area contributed by atoms with Gasteiger partial charge in [-0.15, -0.1) is 21.5 Å². The van der Waals surface area contributed by atoms with Gasteiger partial charge in [0.05, 0.1) is 11.1 Å². The van der Waals surface area contributed by atoms with Gasteiger partial charge in [0, 0.05) is 32.3 Å². The lowest BCUT2D eigenvalue weighted by molar-refractivity contribution is -0.126. The average molecular weight is 372 g/mol. The van der Waals surface area contributed by atoms with Crippen molar-refractivity contribution in [3.63, 3.8) is 0 Å². The van der Waals surface area contributed by atoms with Gasteiger partial charge < -0.3 is 14.2 Å². The number of carbonyl (C=O) groups is 1. The van der Waals surface area contributed by atoms with E-state index >= 15 is 0 Å². The fourth-order valence-corrected chi connectivity index (χ4v) is 4.29. The summed E-state index contributed by atoms with van der Waals surface area (Å²) >= 11 is 3.27. The van der Waals surface area contributed by atoms with Crippen molar-refractivity contribution >= 4 is 39.8 Å². The maximum atomic E-state index is 12.3. The minimum absolute atomic E-state index is 0.00703. The fraction of sp³-hybridized carbons (Fsp3) is 0.235. The van der Waals surface area contributed by atoms with Crippen LogP contribution in [-0.4, -0.2) is 47.2 Å². The third-order valence-corrected chi connectivity index (χ3v) is 5.96. The summed E-state index contributed by atoms with van der Waals surface area (Å²) in [5, 5.41) is 12.5. The van der Waals surface area contributed by atoms with Crippen LogP contribution in [0.4, 0.5) is 5.13 Å². The van der Waals surface area contributed by atoms with Crippen molar-refractivity contribution in [3.8, 4) is 9.88 Å². The Morgan fingerprint density at radius 3 is 2.76 bits per heavy atom. The summed E-state index contributed by atoms with van der Waals surface area (Å²) in [6.07, 6.45) is 4.86. The molecule has 3 aromatic rings.